The maximum atomic E-state index is 11.9. The Labute approximate surface area is 155 Å². The number of carbonyl (C=O) groups is 1. The second-order valence-electron chi connectivity index (χ2n) is 4.93. The lowest BCUT2D eigenvalue weighted by Crippen LogP contribution is -2.05. The number of halogens is 2. The number of esters is 1. The van der Waals surface area contributed by atoms with Gasteiger partial charge in [-0.3, -0.25) is 0 Å². The summed E-state index contributed by atoms with van der Waals surface area (Å²) in [5, 5.41) is 4.10. The van der Waals surface area contributed by atoms with E-state index >= 15 is 0 Å². The Morgan fingerprint density at radius 2 is 2.04 bits per heavy atom. The van der Waals surface area contributed by atoms with Crippen LogP contribution in [-0.2, 0) is 4.74 Å². The van der Waals surface area contributed by atoms with Gasteiger partial charge < -0.3 is 10.1 Å². The summed E-state index contributed by atoms with van der Waals surface area (Å²) in [4.78, 5) is 20.5. The summed E-state index contributed by atoms with van der Waals surface area (Å²) in [5.41, 5.74) is 2.04. The first kappa shape index (κ1) is 16.9. The maximum Gasteiger partial charge on any atom is 0.338 e. The van der Waals surface area contributed by atoms with Crippen LogP contribution in [0, 0.1) is 0 Å². The van der Waals surface area contributed by atoms with Crippen LogP contribution < -0.4 is 5.32 Å². The van der Waals surface area contributed by atoms with Gasteiger partial charge in [0.05, 0.1) is 17.7 Å². The normalized spacial score (nSPS) is 10.6. The van der Waals surface area contributed by atoms with Crippen molar-refractivity contribution in [1.29, 1.82) is 0 Å². The number of fused-ring (bicyclic) bond motifs is 1. The Morgan fingerprint density at radius 3 is 2.83 bits per heavy atom. The molecule has 0 saturated carbocycles. The third-order valence-electron chi connectivity index (χ3n) is 3.29. The van der Waals surface area contributed by atoms with Gasteiger partial charge in [0.25, 0.3) is 0 Å². The highest BCUT2D eigenvalue weighted by atomic mass is 79.9. The summed E-state index contributed by atoms with van der Waals surface area (Å²) < 4.78 is 6.82. The number of hydrogen-bond donors (Lipinski definition) is 1. The van der Waals surface area contributed by atoms with Crippen LogP contribution >= 0.6 is 31.9 Å². The van der Waals surface area contributed by atoms with Crippen molar-refractivity contribution < 1.29 is 9.53 Å². The van der Waals surface area contributed by atoms with Gasteiger partial charge in [-0.15, -0.1) is 0 Å². The Balaban J connectivity index is 1.99. The molecular weight excluding hydrogens is 438 g/mol. The predicted molar refractivity (Wildman–Crippen MR) is 101 cm³/mol. The van der Waals surface area contributed by atoms with Gasteiger partial charge in [-0.2, -0.15) is 0 Å². The SMILES string of the molecule is CCOC(=O)c1cccc(Nc2ncnc3c(Br)cc(Br)cc23)c1. The number of benzene rings is 2. The van der Waals surface area contributed by atoms with Crippen molar-refractivity contribution >= 4 is 60.2 Å². The van der Waals surface area contributed by atoms with Crippen molar-refractivity contribution in [2.45, 2.75) is 6.92 Å². The zero-order valence-corrected chi connectivity index (χ0v) is 15.9. The van der Waals surface area contributed by atoms with Gasteiger partial charge in [0.1, 0.15) is 12.1 Å². The van der Waals surface area contributed by atoms with E-state index in [0.717, 1.165) is 25.5 Å². The Hall–Kier alpha value is -1.99. The Morgan fingerprint density at radius 1 is 1.21 bits per heavy atom. The molecule has 2 aromatic carbocycles. The van der Waals surface area contributed by atoms with Crippen molar-refractivity contribution in [2.75, 3.05) is 11.9 Å². The minimum Gasteiger partial charge on any atom is -0.462 e. The fourth-order valence-electron chi connectivity index (χ4n) is 2.27. The van der Waals surface area contributed by atoms with Gasteiger partial charge in [-0.05, 0) is 53.2 Å². The highest BCUT2D eigenvalue weighted by Gasteiger charge is 2.10. The number of ether oxygens (including phenoxy) is 1. The number of nitrogens with zero attached hydrogens (tertiary/aromatic N) is 2. The summed E-state index contributed by atoms with van der Waals surface area (Å²) in [6.45, 7) is 2.12. The summed E-state index contributed by atoms with van der Waals surface area (Å²) >= 11 is 6.98. The third-order valence-corrected chi connectivity index (χ3v) is 4.36. The zero-order valence-electron chi connectivity index (χ0n) is 12.7. The molecule has 122 valence electrons. The van der Waals surface area contributed by atoms with Crippen LogP contribution in [0.1, 0.15) is 17.3 Å². The van der Waals surface area contributed by atoms with Crippen molar-refractivity contribution in [3.05, 3.63) is 57.2 Å². The topological polar surface area (TPSA) is 64.1 Å². The second-order valence-corrected chi connectivity index (χ2v) is 6.70. The molecule has 3 rings (SSSR count). The van der Waals surface area contributed by atoms with Crippen LogP contribution in [0.2, 0.25) is 0 Å². The molecule has 0 aliphatic heterocycles. The van der Waals surface area contributed by atoms with E-state index in [9.17, 15) is 4.79 Å². The van der Waals surface area contributed by atoms with Gasteiger partial charge in [-0.25, -0.2) is 14.8 Å². The number of carbonyl (C=O) groups excluding carboxylic acids is 1. The largest absolute Gasteiger partial charge is 0.462 e. The molecule has 0 atom stereocenters. The molecule has 3 aromatic rings. The van der Waals surface area contributed by atoms with E-state index in [2.05, 4.69) is 47.1 Å². The molecule has 0 aliphatic carbocycles. The monoisotopic (exact) mass is 449 g/mol. The van der Waals surface area contributed by atoms with Crippen molar-refractivity contribution in [3.63, 3.8) is 0 Å². The highest BCUT2D eigenvalue weighted by Crippen LogP contribution is 2.31. The molecule has 0 fully saturated rings. The standard InChI is InChI=1S/C17H13Br2N3O2/c1-2-24-17(23)10-4-3-5-12(6-10)22-16-13-7-11(18)8-14(19)15(13)20-9-21-16/h3-9H,2H2,1H3,(H,20,21,22). The van der Waals surface area contributed by atoms with Crippen LogP contribution in [0.15, 0.2) is 51.7 Å². The first-order chi connectivity index (χ1) is 11.6. The molecule has 0 amide bonds. The molecule has 1 aromatic heterocycles. The Kier molecular flexibility index (Phi) is 5.11. The lowest BCUT2D eigenvalue weighted by Gasteiger charge is -2.10. The van der Waals surface area contributed by atoms with Crippen molar-refractivity contribution in [3.8, 4) is 0 Å². The molecule has 7 heteroatoms. The first-order valence-corrected chi connectivity index (χ1v) is 8.81. The number of hydrogen-bond acceptors (Lipinski definition) is 5. The fourth-order valence-corrected chi connectivity index (χ4v) is 3.59. The lowest BCUT2D eigenvalue weighted by atomic mass is 10.2. The first-order valence-electron chi connectivity index (χ1n) is 7.22. The number of anilines is 2. The average molecular weight is 451 g/mol. The number of aromatic nitrogens is 2. The molecule has 1 N–H and O–H groups in total. The van der Waals surface area contributed by atoms with Gasteiger partial charge >= 0.3 is 5.97 Å². The fraction of sp³-hybridized carbons (Fsp3) is 0.118. The molecular formula is C17H13Br2N3O2. The van der Waals surface area contributed by atoms with Crippen LogP contribution in [0.5, 0.6) is 0 Å². The smallest absolute Gasteiger partial charge is 0.338 e. The summed E-state index contributed by atoms with van der Waals surface area (Å²) in [6.07, 6.45) is 1.50. The van der Waals surface area contributed by atoms with E-state index in [4.69, 9.17) is 4.74 Å². The maximum absolute atomic E-state index is 11.9. The molecule has 0 radical (unpaired) electrons. The predicted octanol–water partition coefficient (Wildman–Crippen LogP) is 5.08. The van der Waals surface area contributed by atoms with E-state index in [1.54, 1.807) is 25.1 Å². The van der Waals surface area contributed by atoms with Crippen LogP contribution in [0.3, 0.4) is 0 Å². The molecule has 0 aliphatic rings. The van der Waals surface area contributed by atoms with Crippen LogP contribution in [0.25, 0.3) is 10.9 Å². The number of rotatable bonds is 4. The minimum absolute atomic E-state index is 0.342. The molecule has 0 unspecified atom stereocenters. The highest BCUT2D eigenvalue weighted by molar-refractivity contribution is 9.11. The summed E-state index contributed by atoms with van der Waals surface area (Å²) in [7, 11) is 0. The van der Waals surface area contributed by atoms with Gasteiger partial charge in [0, 0.05) is 20.0 Å². The van der Waals surface area contributed by atoms with E-state index in [0.29, 0.717) is 18.0 Å². The quantitative estimate of drug-likeness (QED) is 0.561. The number of nitrogens with one attached hydrogen (secondary N) is 1. The average Bonchev–Trinajstić information content (AvgIpc) is 2.56. The molecule has 0 saturated heterocycles. The van der Waals surface area contributed by atoms with Crippen molar-refractivity contribution in [1.82, 2.24) is 9.97 Å². The third kappa shape index (κ3) is 3.57. The zero-order chi connectivity index (χ0) is 17.1. The Bertz CT molecular complexity index is 915. The molecule has 5 nitrogen and oxygen atoms in total. The van der Waals surface area contributed by atoms with E-state index in [1.165, 1.54) is 6.33 Å². The molecule has 0 bridgehead atoms. The van der Waals surface area contributed by atoms with E-state index in [-0.39, 0.29) is 5.97 Å². The van der Waals surface area contributed by atoms with Crippen LogP contribution in [0.4, 0.5) is 11.5 Å². The van der Waals surface area contributed by atoms with E-state index in [1.807, 2.05) is 18.2 Å². The minimum atomic E-state index is -0.348. The second kappa shape index (κ2) is 7.27. The molecule has 0 spiro atoms. The summed E-state index contributed by atoms with van der Waals surface area (Å²) in [5.74, 6) is 0.308. The summed E-state index contributed by atoms with van der Waals surface area (Å²) in [6, 6.07) is 11.0. The van der Waals surface area contributed by atoms with Crippen molar-refractivity contribution in [2.24, 2.45) is 0 Å². The van der Waals surface area contributed by atoms with Gasteiger partial charge in [0.2, 0.25) is 0 Å². The lowest BCUT2D eigenvalue weighted by molar-refractivity contribution is 0.0526. The van der Waals surface area contributed by atoms with Gasteiger partial charge in [0.15, 0.2) is 0 Å². The molecule has 24 heavy (non-hydrogen) atoms. The molecule has 1 heterocycles. The van der Waals surface area contributed by atoms with Gasteiger partial charge in [-0.1, -0.05) is 22.0 Å². The van der Waals surface area contributed by atoms with E-state index < -0.39 is 0 Å². The van der Waals surface area contributed by atoms with Crippen LogP contribution in [-0.4, -0.2) is 22.5 Å².